The van der Waals surface area contributed by atoms with Crippen molar-refractivity contribution in [2.45, 2.75) is 32.0 Å². The smallest absolute Gasteiger partial charge is 0.226 e. The fourth-order valence-electron chi connectivity index (χ4n) is 3.40. The first-order chi connectivity index (χ1) is 11.0. The number of hydrogen-bond donors (Lipinski definition) is 0. The summed E-state index contributed by atoms with van der Waals surface area (Å²) in [4.78, 5) is 28.3. The van der Waals surface area contributed by atoms with Gasteiger partial charge >= 0.3 is 0 Å². The molecule has 2 saturated heterocycles. The second-order valence-corrected chi connectivity index (χ2v) is 6.59. The number of benzene rings is 1. The molecule has 0 bridgehead atoms. The molecule has 1 aromatic carbocycles. The average Bonchev–Trinajstić information content (AvgIpc) is 2.57. The number of nitrogens with zero attached hydrogens (tertiary/aromatic N) is 2. The Kier molecular flexibility index (Phi) is 4.66. The zero-order valence-electron chi connectivity index (χ0n) is 13.8. The third kappa shape index (κ3) is 3.55. The summed E-state index contributed by atoms with van der Waals surface area (Å²) < 4.78 is 6.01. The van der Waals surface area contributed by atoms with E-state index in [2.05, 4.69) is 0 Å². The van der Waals surface area contributed by atoms with Crippen LogP contribution in [0.5, 0.6) is 0 Å². The lowest BCUT2D eigenvalue weighted by Gasteiger charge is -2.39. The van der Waals surface area contributed by atoms with Gasteiger partial charge in [0.15, 0.2) is 0 Å². The fraction of sp³-hybridized carbons (Fsp3) is 0.556. The molecule has 124 valence electrons. The molecular weight excluding hydrogens is 292 g/mol. The van der Waals surface area contributed by atoms with Crippen molar-refractivity contribution in [1.82, 2.24) is 9.80 Å². The lowest BCUT2D eigenvalue weighted by molar-refractivity contribution is -0.153. The highest BCUT2D eigenvalue weighted by atomic mass is 16.5. The molecule has 2 fully saturated rings. The Balaban J connectivity index is 1.69. The van der Waals surface area contributed by atoms with Gasteiger partial charge in [-0.1, -0.05) is 30.3 Å². The van der Waals surface area contributed by atoms with Crippen LogP contribution in [0.3, 0.4) is 0 Å². The first kappa shape index (κ1) is 16.0. The Hall–Kier alpha value is -1.88. The Morgan fingerprint density at radius 2 is 1.96 bits per heavy atom. The van der Waals surface area contributed by atoms with E-state index in [4.69, 9.17) is 4.74 Å². The summed E-state index contributed by atoms with van der Waals surface area (Å²) in [6.45, 7) is 3.82. The molecule has 2 aliphatic rings. The molecule has 0 aromatic heterocycles. The zero-order valence-corrected chi connectivity index (χ0v) is 13.8. The third-order valence-electron chi connectivity index (χ3n) is 4.75. The lowest BCUT2D eigenvalue weighted by Crippen LogP contribution is -2.50. The van der Waals surface area contributed by atoms with Gasteiger partial charge in [-0.05, 0) is 18.9 Å². The first-order valence-electron chi connectivity index (χ1n) is 8.27. The van der Waals surface area contributed by atoms with Crippen LogP contribution in [0.15, 0.2) is 30.3 Å². The van der Waals surface area contributed by atoms with Crippen LogP contribution in [0.25, 0.3) is 0 Å². The molecule has 2 heterocycles. The molecule has 0 saturated carbocycles. The van der Waals surface area contributed by atoms with Crippen molar-refractivity contribution in [3.63, 3.8) is 0 Å². The molecule has 2 aliphatic heterocycles. The Labute approximate surface area is 137 Å². The van der Waals surface area contributed by atoms with Crippen LogP contribution in [-0.4, -0.2) is 54.4 Å². The highest BCUT2D eigenvalue weighted by molar-refractivity contribution is 5.87. The first-order valence-corrected chi connectivity index (χ1v) is 8.27. The van der Waals surface area contributed by atoms with Crippen LogP contribution < -0.4 is 0 Å². The van der Waals surface area contributed by atoms with E-state index in [0.717, 1.165) is 12.0 Å². The van der Waals surface area contributed by atoms with E-state index >= 15 is 0 Å². The normalized spacial score (nSPS) is 28.8. The molecular formula is C18H24N2O3. The molecule has 0 aliphatic carbocycles. The van der Waals surface area contributed by atoms with E-state index in [1.54, 1.807) is 11.9 Å². The maximum atomic E-state index is 12.8. The van der Waals surface area contributed by atoms with Crippen molar-refractivity contribution in [2.24, 2.45) is 5.92 Å². The van der Waals surface area contributed by atoms with E-state index < -0.39 is 0 Å². The summed E-state index contributed by atoms with van der Waals surface area (Å²) >= 11 is 0. The lowest BCUT2D eigenvalue weighted by atomic mass is 9.94. The summed E-state index contributed by atoms with van der Waals surface area (Å²) in [6, 6.07) is 10.0. The van der Waals surface area contributed by atoms with Gasteiger partial charge in [0.2, 0.25) is 11.8 Å². The Morgan fingerprint density at radius 1 is 1.22 bits per heavy atom. The molecule has 3 atom stereocenters. The van der Waals surface area contributed by atoms with Crippen LogP contribution in [0.4, 0.5) is 0 Å². The monoisotopic (exact) mass is 316 g/mol. The standard InChI is InChI=1S/C18H24N2O3/c1-13-11-20(12-16(23-13)14-6-4-3-5-7-14)18(22)15-8-9-19(2)17(21)10-15/h3-7,13,15-16H,8-12H2,1-2H3/t13-,15-,16+/m1/s1. The van der Waals surface area contributed by atoms with E-state index in [1.807, 2.05) is 42.2 Å². The number of morpholine rings is 1. The van der Waals surface area contributed by atoms with Crippen molar-refractivity contribution < 1.29 is 14.3 Å². The van der Waals surface area contributed by atoms with Gasteiger partial charge in [-0.15, -0.1) is 0 Å². The molecule has 5 nitrogen and oxygen atoms in total. The molecule has 0 radical (unpaired) electrons. The van der Waals surface area contributed by atoms with Gasteiger partial charge in [-0.25, -0.2) is 0 Å². The predicted molar refractivity (Wildman–Crippen MR) is 86.7 cm³/mol. The largest absolute Gasteiger partial charge is 0.367 e. The minimum absolute atomic E-state index is 0.000119. The van der Waals surface area contributed by atoms with Gasteiger partial charge in [0.05, 0.1) is 12.6 Å². The van der Waals surface area contributed by atoms with Gasteiger partial charge in [-0.3, -0.25) is 9.59 Å². The van der Waals surface area contributed by atoms with Gasteiger partial charge in [0.1, 0.15) is 6.10 Å². The number of hydrogen-bond acceptors (Lipinski definition) is 3. The average molecular weight is 316 g/mol. The molecule has 5 heteroatoms. The third-order valence-corrected chi connectivity index (χ3v) is 4.75. The van der Waals surface area contributed by atoms with E-state index in [-0.39, 0.29) is 29.9 Å². The van der Waals surface area contributed by atoms with E-state index in [9.17, 15) is 9.59 Å². The van der Waals surface area contributed by atoms with Gasteiger partial charge in [0.25, 0.3) is 0 Å². The molecule has 0 N–H and O–H groups in total. The number of amides is 2. The SMILES string of the molecule is C[C@@H]1CN(C(=O)[C@@H]2CCN(C)C(=O)C2)C[C@@H](c2ccccc2)O1. The minimum atomic E-state index is -0.180. The predicted octanol–water partition coefficient (Wildman–Crippen LogP) is 1.84. The van der Waals surface area contributed by atoms with Gasteiger partial charge in [-0.2, -0.15) is 0 Å². The topological polar surface area (TPSA) is 49.9 Å². The van der Waals surface area contributed by atoms with Crippen LogP contribution in [0.2, 0.25) is 0 Å². The number of ether oxygens (including phenoxy) is 1. The summed E-state index contributed by atoms with van der Waals surface area (Å²) in [5.74, 6) is -0.0153. The minimum Gasteiger partial charge on any atom is -0.367 e. The van der Waals surface area contributed by atoms with E-state index in [1.165, 1.54) is 0 Å². The van der Waals surface area contributed by atoms with Crippen LogP contribution in [0, 0.1) is 5.92 Å². The van der Waals surface area contributed by atoms with Crippen LogP contribution >= 0.6 is 0 Å². The van der Waals surface area contributed by atoms with Crippen LogP contribution in [0.1, 0.15) is 31.4 Å². The molecule has 0 unspecified atom stereocenters. The van der Waals surface area contributed by atoms with E-state index in [0.29, 0.717) is 26.1 Å². The van der Waals surface area contributed by atoms with Gasteiger partial charge < -0.3 is 14.5 Å². The fourth-order valence-corrected chi connectivity index (χ4v) is 3.40. The summed E-state index contributed by atoms with van der Waals surface area (Å²) in [6.07, 6.45) is 0.991. The summed E-state index contributed by atoms with van der Waals surface area (Å²) in [5, 5.41) is 0. The van der Waals surface area contributed by atoms with Gasteiger partial charge in [0, 0.05) is 32.5 Å². The second kappa shape index (κ2) is 6.71. The molecule has 3 rings (SSSR count). The highest BCUT2D eigenvalue weighted by Crippen LogP contribution is 2.28. The zero-order chi connectivity index (χ0) is 16.4. The maximum Gasteiger partial charge on any atom is 0.226 e. The maximum absolute atomic E-state index is 12.8. The number of piperidine rings is 1. The quantitative estimate of drug-likeness (QED) is 0.836. The number of carbonyl (C=O) groups excluding carboxylic acids is 2. The summed E-state index contributed by atoms with van der Waals surface area (Å²) in [7, 11) is 1.80. The van der Waals surface area contributed by atoms with Crippen molar-refractivity contribution >= 4 is 11.8 Å². The Bertz CT molecular complexity index is 575. The summed E-state index contributed by atoms with van der Waals surface area (Å²) in [5.41, 5.74) is 1.09. The van der Waals surface area contributed by atoms with Crippen LogP contribution in [-0.2, 0) is 14.3 Å². The second-order valence-electron chi connectivity index (χ2n) is 6.59. The number of rotatable bonds is 2. The highest BCUT2D eigenvalue weighted by Gasteiger charge is 2.35. The number of likely N-dealkylation sites (tertiary alicyclic amines) is 1. The van der Waals surface area contributed by atoms with Crippen molar-refractivity contribution in [3.8, 4) is 0 Å². The molecule has 1 aromatic rings. The Morgan fingerprint density at radius 3 is 2.65 bits per heavy atom. The van der Waals surface area contributed by atoms with Crippen molar-refractivity contribution in [2.75, 3.05) is 26.7 Å². The van der Waals surface area contributed by atoms with Crippen molar-refractivity contribution in [1.29, 1.82) is 0 Å². The molecule has 23 heavy (non-hydrogen) atoms. The molecule has 0 spiro atoms. The van der Waals surface area contributed by atoms with Crippen molar-refractivity contribution in [3.05, 3.63) is 35.9 Å². The molecule has 2 amide bonds. The number of carbonyl (C=O) groups is 2.